The molecule has 111 valence electrons. The summed E-state index contributed by atoms with van der Waals surface area (Å²) in [7, 11) is 0. The summed E-state index contributed by atoms with van der Waals surface area (Å²) >= 11 is 0. The number of rotatable bonds is 6. The number of hydrogen-bond acceptors (Lipinski definition) is 5. The second-order valence-corrected chi connectivity index (χ2v) is 6.02. The zero-order valence-electron chi connectivity index (χ0n) is 12.1. The maximum atomic E-state index is 12.1. The second kappa shape index (κ2) is 6.17. The molecule has 1 heterocycles. The first-order chi connectivity index (χ1) is 8.73. The number of hydroxylamine groups is 2. The van der Waals surface area contributed by atoms with Crippen LogP contribution in [0.1, 0.15) is 34.1 Å². The molecule has 0 aromatic rings. The van der Waals surface area contributed by atoms with Gasteiger partial charge in [-0.2, -0.15) is 0 Å². The minimum atomic E-state index is -0.757. The predicted molar refractivity (Wildman–Crippen MR) is 67.7 cm³/mol. The van der Waals surface area contributed by atoms with Crippen molar-refractivity contribution in [1.82, 2.24) is 5.06 Å². The summed E-state index contributed by atoms with van der Waals surface area (Å²) < 4.78 is 10.1. The van der Waals surface area contributed by atoms with Crippen molar-refractivity contribution in [3.63, 3.8) is 0 Å². The van der Waals surface area contributed by atoms with Gasteiger partial charge in [0.05, 0.1) is 31.3 Å². The molecule has 1 atom stereocenters. The van der Waals surface area contributed by atoms with Crippen molar-refractivity contribution in [2.75, 3.05) is 26.4 Å². The zero-order valence-corrected chi connectivity index (χ0v) is 12.1. The van der Waals surface area contributed by atoms with E-state index in [1.807, 2.05) is 13.8 Å². The molecule has 1 saturated heterocycles. The minimum Gasteiger partial charge on any atom is -0.463 e. The summed E-state index contributed by atoms with van der Waals surface area (Å²) in [4.78, 5) is 12.0. The van der Waals surface area contributed by atoms with Crippen LogP contribution in [0.4, 0.5) is 0 Å². The van der Waals surface area contributed by atoms with Crippen LogP contribution in [-0.4, -0.2) is 53.6 Å². The van der Waals surface area contributed by atoms with E-state index in [9.17, 15) is 10.0 Å². The molecule has 19 heavy (non-hydrogen) atoms. The molecule has 0 aliphatic carbocycles. The van der Waals surface area contributed by atoms with Crippen LogP contribution in [0.25, 0.3) is 0 Å². The van der Waals surface area contributed by atoms with Crippen molar-refractivity contribution in [3.8, 4) is 0 Å². The van der Waals surface area contributed by atoms with Gasteiger partial charge in [0.2, 0.25) is 0 Å². The smallest absolute Gasteiger partial charge is 0.311 e. The van der Waals surface area contributed by atoms with Gasteiger partial charge in [0.25, 0.3) is 0 Å². The molecule has 0 saturated carbocycles. The SMILES string of the molecule is CC1(C)CC(C(=O)OCCOCCO)C(C)(C)N1[O]. The van der Waals surface area contributed by atoms with E-state index >= 15 is 0 Å². The van der Waals surface area contributed by atoms with E-state index in [0.29, 0.717) is 6.42 Å². The summed E-state index contributed by atoms with van der Waals surface area (Å²) in [6.07, 6.45) is 0.486. The van der Waals surface area contributed by atoms with Crippen molar-refractivity contribution >= 4 is 5.97 Å². The van der Waals surface area contributed by atoms with Crippen molar-refractivity contribution in [1.29, 1.82) is 0 Å². The molecule has 1 radical (unpaired) electrons. The van der Waals surface area contributed by atoms with Crippen molar-refractivity contribution in [2.24, 2.45) is 5.92 Å². The molecule has 1 N–H and O–H groups in total. The average molecular weight is 274 g/mol. The number of aliphatic hydroxyl groups is 1. The van der Waals surface area contributed by atoms with Gasteiger partial charge >= 0.3 is 5.97 Å². The first-order valence-electron chi connectivity index (χ1n) is 6.56. The summed E-state index contributed by atoms with van der Waals surface area (Å²) in [5.41, 5.74) is -1.31. The van der Waals surface area contributed by atoms with Gasteiger partial charge in [0, 0.05) is 5.54 Å². The van der Waals surface area contributed by atoms with E-state index in [4.69, 9.17) is 14.6 Å². The average Bonchev–Trinajstić information content (AvgIpc) is 2.49. The number of hydrogen-bond donors (Lipinski definition) is 1. The lowest BCUT2D eigenvalue weighted by Crippen LogP contribution is -2.47. The second-order valence-electron chi connectivity index (χ2n) is 6.02. The molecule has 0 aromatic carbocycles. The van der Waals surface area contributed by atoms with Crippen LogP contribution in [0.3, 0.4) is 0 Å². The highest BCUT2D eigenvalue weighted by atomic mass is 16.6. The maximum absolute atomic E-state index is 12.1. The van der Waals surface area contributed by atoms with Crippen molar-refractivity contribution in [3.05, 3.63) is 0 Å². The van der Waals surface area contributed by atoms with Gasteiger partial charge in [0.15, 0.2) is 0 Å². The third-order valence-electron chi connectivity index (χ3n) is 3.62. The fourth-order valence-corrected chi connectivity index (χ4v) is 2.59. The molecule has 6 nitrogen and oxygen atoms in total. The maximum Gasteiger partial charge on any atom is 0.311 e. The van der Waals surface area contributed by atoms with Gasteiger partial charge in [-0.1, -0.05) is 0 Å². The Balaban J connectivity index is 2.49. The summed E-state index contributed by atoms with van der Waals surface area (Å²) in [5.74, 6) is -0.790. The molecule has 6 heteroatoms. The Labute approximate surface area is 114 Å². The van der Waals surface area contributed by atoms with Crippen molar-refractivity contribution in [2.45, 2.75) is 45.2 Å². The van der Waals surface area contributed by atoms with Crippen LogP contribution in [0.2, 0.25) is 0 Å². The topological polar surface area (TPSA) is 78.9 Å². The van der Waals surface area contributed by atoms with Crippen LogP contribution < -0.4 is 0 Å². The Morgan fingerprint density at radius 3 is 2.37 bits per heavy atom. The predicted octanol–water partition coefficient (Wildman–Crippen LogP) is 0.763. The normalized spacial score (nSPS) is 25.5. The largest absolute Gasteiger partial charge is 0.463 e. The first-order valence-corrected chi connectivity index (χ1v) is 6.56. The molecule has 1 aliphatic heterocycles. The van der Waals surface area contributed by atoms with Crippen LogP contribution in [-0.2, 0) is 19.5 Å². The van der Waals surface area contributed by atoms with Gasteiger partial charge in [-0.25, -0.2) is 0 Å². The third kappa shape index (κ3) is 3.66. The number of aliphatic hydroxyl groups excluding tert-OH is 1. The third-order valence-corrected chi connectivity index (χ3v) is 3.62. The lowest BCUT2D eigenvalue weighted by Gasteiger charge is -2.32. The van der Waals surface area contributed by atoms with Crippen LogP contribution in [0.5, 0.6) is 0 Å². The number of carbonyl (C=O) groups is 1. The molecule has 1 fully saturated rings. The summed E-state index contributed by atoms with van der Waals surface area (Å²) in [5, 5.41) is 21.7. The van der Waals surface area contributed by atoms with E-state index in [1.165, 1.54) is 0 Å². The Morgan fingerprint density at radius 1 is 1.26 bits per heavy atom. The molecule has 1 unspecified atom stereocenters. The molecule has 0 bridgehead atoms. The fraction of sp³-hybridized carbons (Fsp3) is 0.923. The Bertz CT molecular complexity index is 316. The molecule has 0 spiro atoms. The lowest BCUT2D eigenvalue weighted by molar-refractivity contribution is -0.248. The number of ether oxygens (including phenoxy) is 2. The quantitative estimate of drug-likeness (QED) is 0.571. The summed E-state index contributed by atoms with van der Waals surface area (Å²) in [6.45, 7) is 7.77. The van der Waals surface area contributed by atoms with Crippen LogP contribution >= 0.6 is 0 Å². The zero-order chi connectivity index (χ0) is 14.7. The number of esters is 1. The summed E-state index contributed by atoms with van der Waals surface area (Å²) in [6, 6.07) is 0. The molecule has 1 aliphatic rings. The van der Waals surface area contributed by atoms with Gasteiger partial charge in [-0.3, -0.25) is 4.79 Å². The van der Waals surface area contributed by atoms with Gasteiger partial charge in [-0.05, 0) is 34.1 Å². The van der Waals surface area contributed by atoms with Crippen LogP contribution in [0.15, 0.2) is 0 Å². The highest BCUT2D eigenvalue weighted by Crippen LogP contribution is 2.44. The van der Waals surface area contributed by atoms with Crippen LogP contribution in [0, 0.1) is 5.92 Å². The molecule has 0 amide bonds. The minimum absolute atomic E-state index is 0.0526. The van der Waals surface area contributed by atoms with Gasteiger partial charge in [-0.15, -0.1) is 10.3 Å². The number of nitrogens with zero attached hydrogens (tertiary/aromatic N) is 1. The molecular formula is C13H24NO5. The van der Waals surface area contributed by atoms with Crippen molar-refractivity contribution < 1.29 is 24.6 Å². The first kappa shape index (κ1) is 16.4. The van der Waals surface area contributed by atoms with E-state index < -0.39 is 17.0 Å². The molecule has 1 rings (SSSR count). The van der Waals surface area contributed by atoms with E-state index in [2.05, 4.69) is 0 Å². The highest BCUT2D eigenvalue weighted by molar-refractivity contribution is 5.74. The van der Waals surface area contributed by atoms with E-state index in [-0.39, 0.29) is 32.4 Å². The lowest BCUT2D eigenvalue weighted by atomic mass is 9.87. The highest BCUT2D eigenvalue weighted by Gasteiger charge is 2.55. The van der Waals surface area contributed by atoms with Gasteiger partial charge < -0.3 is 14.6 Å². The molecule has 0 aromatic heterocycles. The molecular weight excluding hydrogens is 250 g/mol. The fourth-order valence-electron chi connectivity index (χ4n) is 2.59. The van der Waals surface area contributed by atoms with Gasteiger partial charge in [0.1, 0.15) is 6.61 Å². The Hall–Kier alpha value is -0.690. The monoisotopic (exact) mass is 274 g/mol. The van der Waals surface area contributed by atoms with E-state index in [1.54, 1.807) is 13.8 Å². The number of carbonyl (C=O) groups excluding carboxylic acids is 1. The van der Waals surface area contributed by atoms with E-state index in [0.717, 1.165) is 5.06 Å². The Kier molecular flexibility index (Phi) is 5.32. The standard InChI is InChI=1S/C13H24NO5/c1-12(2)9-10(13(3,4)14(12)17)11(16)19-8-7-18-6-5-15/h10,15H,5-9H2,1-4H3. The Morgan fingerprint density at radius 2 is 1.89 bits per heavy atom.